The highest BCUT2D eigenvalue weighted by atomic mass is 31.2. The van der Waals surface area contributed by atoms with Gasteiger partial charge in [-0.1, -0.05) is 419 Å². The highest BCUT2D eigenvalue weighted by Crippen LogP contribution is 2.43. The van der Waals surface area contributed by atoms with Gasteiger partial charge in [-0.05, 0) is 83.5 Å². The molecule has 9 nitrogen and oxygen atoms in total. The molecular weight excluding hydrogens is 1270 g/mol. The minimum Gasteiger partial charge on any atom is -0.462 e. The van der Waals surface area contributed by atoms with Crippen LogP contribution in [0.1, 0.15) is 406 Å². The maximum Gasteiger partial charge on any atom is 0.472 e. The summed E-state index contributed by atoms with van der Waals surface area (Å²) in [6, 6.07) is 0. The van der Waals surface area contributed by atoms with Crippen LogP contribution in [-0.4, -0.2) is 74.9 Å². The number of carbonyl (C=O) groups excluding carboxylic acids is 2. The van der Waals surface area contributed by atoms with Gasteiger partial charge in [-0.2, -0.15) is 0 Å². The van der Waals surface area contributed by atoms with Gasteiger partial charge in [0.2, 0.25) is 0 Å². The molecule has 0 saturated heterocycles. The molecule has 2 unspecified atom stereocenters. The first kappa shape index (κ1) is 97.7. The Morgan fingerprint density at radius 3 is 0.842 bits per heavy atom. The van der Waals surface area contributed by atoms with Crippen LogP contribution in [0.4, 0.5) is 0 Å². The third-order valence-electron chi connectivity index (χ3n) is 19.1. The van der Waals surface area contributed by atoms with E-state index < -0.39 is 26.5 Å². The van der Waals surface area contributed by atoms with E-state index in [-0.39, 0.29) is 25.6 Å². The van der Waals surface area contributed by atoms with Crippen LogP contribution < -0.4 is 0 Å². The van der Waals surface area contributed by atoms with Crippen LogP contribution in [0.25, 0.3) is 0 Å². The molecule has 0 spiro atoms. The lowest BCUT2D eigenvalue weighted by Crippen LogP contribution is -2.37. The molecule has 0 aromatic rings. The van der Waals surface area contributed by atoms with E-state index in [4.69, 9.17) is 18.5 Å². The second-order valence-electron chi connectivity index (χ2n) is 30.2. The molecule has 0 amide bonds. The van der Waals surface area contributed by atoms with Crippen molar-refractivity contribution in [3.05, 3.63) is 109 Å². The minimum atomic E-state index is -4.40. The van der Waals surface area contributed by atoms with E-state index in [2.05, 4.69) is 123 Å². The Hall–Kier alpha value is -3.33. The van der Waals surface area contributed by atoms with Gasteiger partial charge in [0.15, 0.2) is 6.10 Å². The fourth-order valence-corrected chi connectivity index (χ4v) is 13.3. The van der Waals surface area contributed by atoms with Crippen LogP contribution in [0.5, 0.6) is 0 Å². The summed E-state index contributed by atoms with van der Waals surface area (Å²) in [5.74, 6) is -0.783. The Labute approximate surface area is 626 Å². The van der Waals surface area contributed by atoms with Crippen molar-refractivity contribution in [1.29, 1.82) is 0 Å². The summed E-state index contributed by atoms with van der Waals surface area (Å²) < 4.78 is 34.9. The van der Waals surface area contributed by atoms with Gasteiger partial charge in [0.05, 0.1) is 27.7 Å². The summed E-state index contributed by atoms with van der Waals surface area (Å²) in [7, 11) is 1.49. The van der Waals surface area contributed by atoms with Gasteiger partial charge in [-0.3, -0.25) is 18.6 Å². The summed E-state index contributed by atoms with van der Waals surface area (Å²) >= 11 is 0. The van der Waals surface area contributed by atoms with E-state index in [9.17, 15) is 19.0 Å². The first-order valence-electron chi connectivity index (χ1n) is 43.1. The number of carbonyl (C=O) groups is 2. The maximum atomic E-state index is 12.9. The van der Waals surface area contributed by atoms with Gasteiger partial charge < -0.3 is 18.9 Å². The van der Waals surface area contributed by atoms with E-state index >= 15 is 0 Å². The predicted molar refractivity (Wildman–Crippen MR) is 441 cm³/mol. The van der Waals surface area contributed by atoms with Crippen LogP contribution in [0.2, 0.25) is 0 Å². The molecule has 0 aliphatic rings. The number of hydrogen-bond donors (Lipinski definition) is 1. The van der Waals surface area contributed by atoms with E-state index in [0.29, 0.717) is 23.9 Å². The molecule has 10 heteroatoms. The molecule has 0 bridgehead atoms. The lowest BCUT2D eigenvalue weighted by Gasteiger charge is -2.24. The zero-order valence-electron chi connectivity index (χ0n) is 67.1. The summed E-state index contributed by atoms with van der Waals surface area (Å²) in [5.41, 5.74) is 0. The quantitative estimate of drug-likeness (QED) is 0.0211. The molecule has 0 fully saturated rings. The number of unbranched alkanes of at least 4 members (excludes halogenated alkanes) is 48. The molecule has 2 atom stereocenters. The summed E-state index contributed by atoms with van der Waals surface area (Å²) in [4.78, 5) is 36.0. The summed E-state index contributed by atoms with van der Waals surface area (Å²) in [5, 5.41) is 0. The summed E-state index contributed by atoms with van der Waals surface area (Å²) in [6.45, 7) is 4.38. The van der Waals surface area contributed by atoms with Gasteiger partial charge in [-0.15, -0.1) is 0 Å². The zero-order valence-corrected chi connectivity index (χ0v) is 68.0. The largest absolute Gasteiger partial charge is 0.472 e. The Bertz CT molecular complexity index is 2080. The number of quaternary nitrogens is 1. The Morgan fingerprint density at radius 2 is 0.564 bits per heavy atom. The normalized spacial score (nSPS) is 13.5. The van der Waals surface area contributed by atoms with Crippen molar-refractivity contribution < 1.29 is 42.1 Å². The minimum absolute atomic E-state index is 0.0302. The highest BCUT2D eigenvalue weighted by molar-refractivity contribution is 7.47. The topological polar surface area (TPSA) is 108 Å². The van der Waals surface area contributed by atoms with Crippen molar-refractivity contribution in [2.75, 3.05) is 47.5 Å². The van der Waals surface area contributed by atoms with Crippen LogP contribution in [0.3, 0.4) is 0 Å². The second kappa shape index (κ2) is 80.8. The Balaban J connectivity index is 3.94. The molecule has 0 radical (unpaired) electrons. The number of rotatable bonds is 80. The fourth-order valence-electron chi connectivity index (χ4n) is 12.5. The Kier molecular flexibility index (Phi) is 78.1. The van der Waals surface area contributed by atoms with E-state index in [1.54, 1.807) is 0 Å². The zero-order chi connectivity index (χ0) is 73.3. The van der Waals surface area contributed by atoms with Crippen molar-refractivity contribution in [3.8, 4) is 0 Å². The molecule has 0 aromatic carbocycles. The number of allylic oxidation sites excluding steroid dienone is 18. The Morgan fingerprint density at radius 1 is 0.317 bits per heavy atom. The molecular formula is C91H165NO8P+. The number of esters is 2. The first-order chi connectivity index (χ1) is 49.5. The van der Waals surface area contributed by atoms with Gasteiger partial charge in [0, 0.05) is 12.8 Å². The fraction of sp³-hybridized carbons (Fsp3) is 0.780. The van der Waals surface area contributed by atoms with Crippen molar-refractivity contribution >= 4 is 19.8 Å². The highest BCUT2D eigenvalue weighted by Gasteiger charge is 2.27. The number of likely N-dealkylation sites (N-methyl/N-ethyl adjacent to an activating group) is 1. The maximum absolute atomic E-state index is 12.9. The standard InChI is InChI=1S/C91H164NO8P/c1-6-8-10-12-14-16-18-20-22-24-26-28-30-32-34-36-38-40-42-44-45-46-47-48-50-52-54-56-58-60-62-64-66-68-70-72-74-76-78-80-82-84-91(94)100-89(88-99-101(95,96)98-86-85-92(3,4)5)87-97-90(93)83-81-79-77-75-73-71-69-67-65-63-61-59-57-55-53-51-49-43-41-39-37-35-33-31-29-27-25-23-21-19-17-15-13-11-9-7-2/h8,10,14,16,20,22,26,28,32,34,38,40,44-45,47-48,52,54,89H,6-7,9,11-13,15,17-19,21,23-25,27,29-31,33,35-37,39,41-43,46,49-51,53,55-88H2,1-5H3/p+1/b10-8-,16-14-,22-20-,28-26-,34-32-,40-38-,45-44-,48-47-,54-52-. The molecule has 0 aliphatic heterocycles. The SMILES string of the molecule is CC/C=C\C/C=C\C/C=C\C/C=C\C/C=C\C/C=C\C/C=C\C/C=C\C/C=C\CCCCCCCCCCCCCCCC(=O)OC(COC(=O)CCCCCCCCCCCCCCCCCCCCCCCCCCCCCCCCCCCCCC)COP(=O)(O)OCC[N+](C)(C)C. The molecule has 0 saturated carbocycles. The smallest absolute Gasteiger partial charge is 0.462 e. The van der Waals surface area contributed by atoms with Gasteiger partial charge >= 0.3 is 19.8 Å². The van der Waals surface area contributed by atoms with Crippen LogP contribution in [0.15, 0.2) is 109 Å². The number of phosphoric acid groups is 1. The first-order valence-corrected chi connectivity index (χ1v) is 44.6. The molecule has 1 N–H and O–H groups in total. The van der Waals surface area contributed by atoms with E-state index in [0.717, 1.165) is 96.3 Å². The molecule has 586 valence electrons. The monoisotopic (exact) mass is 1430 g/mol. The molecule has 0 aromatic heterocycles. The third kappa shape index (κ3) is 85.5. The van der Waals surface area contributed by atoms with Crippen LogP contribution in [0, 0.1) is 0 Å². The van der Waals surface area contributed by atoms with Crippen LogP contribution >= 0.6 is 7.82 Å². The number of phosphoric ester groups is 1. The number of hydrogen-bond acceptors (Lipinski definition) is 7. The van der Waals surface area contributed by atoms with E-state index in [1.165, 1.54) is 276 Å². The van der Waals surface area contributed by atoms with Crippen molar-refractivity contribution in [2.45, 2.75) is 412 Å². The average Bonchev–Trinajstić information content (AvgIpc) is 1.02. The predicted octanol–water partition coefficient (Wildman–Crippen LogP) is 29.1. The second-order valence-corrected chi connectivity index (χ2v) is 31.7. The number of nitrogens with zero attached hydrogens (tertiary/aromatic N) is 1. The van der Waals surface area contributed by atoms with Crippen molar-refractivity contribution in [3.63, 3.8) is 0 Å². The molecule has 0 aliphatic carbocycles. The molecule has 0 heterocycles. The van der Waals surface area contributed by atoms with Crippen molar-refractivity contribution in [2.24, 2.45) is 0 Å². The van der Waals surface area contributed by atoms with E-state index in [1.807, 2.05) is 21.1 Å². The number of ether oxygens (including phenoxy) is 2. The lowest BCUT2D eigenvalue weighted by molar-refractivity contribution is -0.870. The van der Waals surface area contributed by atoms with Gasteiger partial charge in [0.25, 0.3) is 0 Å². The van der Waals surface area contributed by atoms with Gasteiger partial charge in [-0.25, -0.2) is 4.57 Å². The average molecular weight is 1430 g/mol. The summed E-state index contributed by atoms with van der Waals surface area (Å²) in [6.07, 6.45) is 115. The lowest BCUT2D eigenvalue weighted by atomic mass is 10.0. The van der Waals surface area contributed by atoms with Crippen molar-refractivity contribution in [1.82, 2.24) is 0 Å². The molecule has 101 heavy (non-hydrogen) atoms. The third-order valence-corrected chi connectivity index (χ3v) is 20.1. The van der Waals surface area contributed by atoms with Crippen LogP contribution in [-0.2, 0) is 32.7 Å². The molecule has 0 rings (SSSR count). The van der Waals surface area contributed by atoms with Gasteiger partial charge in [0.1, 0.15) is 19.8 Å².